The van der Waals surface area contributed by atoms with Crippen LogP contribution in [-0.2, 0) is 11.2 Å². The van der Waals surface area contributed by atoms with Crippen molar-refractivity contribution < 1.29 is 4.79 Å². The van der Waals surface area contributed by atoms with Crippen LogP contribution in [0.1, 0.15) is 24.1 Å². The van der Waals surface area contributed by atoms with E-state index in [0.717, 1.165) is 30.8 Å². The number of thioether (sulfide) groups is 1. The topological polar surface area (TPSA) is 57.8 Å². The highest BCUT2D eigenvalue weighted by atomic mass is 32.2. The Morgan fingerprint density at radius 3 is 3.06 bits per heavy atom. The van der Waals surface area contributed by atoms with E-state index in [1.54, 1.807) is 11.8 Å². The van der Waals surface area contributed by atoms with Gasteiger partial charge in [0.05, 0.1) is 6.20 Å². The fourth-order valence-electron chi connectivity index (χ4n) is 1.42. The molecular weight excluding hydrogens is 222 g/mol. The van der Waals surface area contributed by atoms with Gasteiger partial charge in [0.2, 0.25) is 5.91 Å². The lowest BCUT2D eigenvalue weighted by Gasteiger charge is -2.04. The summed E-state index contributed by atoms with van der Waals surface area (Å²) < 4.78 is 0. The van der Waals surface area contributed by atoms with E-state index in [1.165, 1.54) is 5.56 Å². The van der Waals surface area contributed by atoms with E-state index in [-0.39, 0.29) is 5.91 Å². The van der Waals surface area contributed by atoms with Gasteiger partial charge in [0.25, 0.3) is 0 Å². The fraction of sp³-hybridized carbons (Fsp3) is 0.636. The number of rotatable bonds is 7. The molecule has 5 heteroatoms. The summed E-state index contributed by atoms with van der Waals surface area (Å²) >= 11 is 1.70. The SMILES string of the molecule is CSCCC(=O)NCCCc1cn[nH]c1C. The molecule has 0 aromatic carbocycles. The third kappa shape index (κ3) is 4.70. The van der Waals surface area contributed by atoms with Gasteiger partial charge >= 0.3 is 0 Å². The molecule has 1 aromatic rings. The molecule has 4 nitrogen and oxygen atoms in total. The molecule has 1 heterocycles. The minimum atomic E-state index is 0.151. The highest BCUT2D eigenvalue weighted by Crippen LogP contribution is 2.05. The summed E-state index contributed by atoms with van der Waals surface area (Å²) in [5.41, 5.74) is 2.35. The monoisotopic (exact) mass is 241 g/mol. The van der Waals surface area contributed by atoms with Gasteiger partial charge in [-0.15, -0.1) is 0 Å². The summed E-state index contributed by atoms with van der Waals surface area (Å²) in [6.07, 6.45) is 6.41. The molecule has 0 saturated heterocycles. The average molecular weight is 241 g/mol. The molecule has 0 aliphatic heterocycles. The van der Waals surface area contributed by atoms with Crippen LogP contribution in [0.3, 0.4) is 0 Å². The Labute approximate surface area is 101 Å². The van der Waals surface area contributed by atoms with Crippen LogP contribution < -0.4 is 5.32 Å². The van der Waals surface area contributed by atoms with E-state index in [0.29, 0.717) is 6.42 Å². The largest absolute Gasteiger partial charge is 0.356 e. The number of carbonyl (C=O) groups is 1. The zero-order valence-electron chi connectivity index (χ0n) is 9.88. The molecule has 16 heavy (non-hydrogen) atoms. The van der Waals surface area contributed by atoms with Gasteiger partial charge in [0.1, 0.15) is 0 Å². The minimum absolute atomic E-state index is 0.151. The molecule has 0 radical (unpaired) electrons. The fourth-order valence-corrected chi connectivity index (χ4v) is 1.81. The number of amides is 1. The summed E-state index contributed by atoms with van der Waals surface area (Å²) in [4.78, 5) is 11.3. The summed E-state index contributed by atoms with van der Waals surface area (Å²) in [6.45, 7) is 2.76. The molecule has 0 aliphatic rings. The number of aryl methyl sites for hydroxylation is 2. The molecular formula is C11H19N3OS. The van der Waals surface area contributed by atoms with Crippen molar-refractivity contribution in [2.75, 3.05) is 18.6 Å². The minimum Gasteiger partial charge on any atom is -0.356 e. The lowest BCUT2D eigenvalue weighted by molar-refractivity contribution is -0.120. The van der Waals surface area contributed by atoms with E-state index >= 15 is 0 Å². The van der Waals surface area contributed by atoms with Crippen LogP contribution in [0.2, 0.25) is 0 Å². The Kier molecular flexibility index (Phi) is 6.00. The number of hydrogen-bond donors (Lipinski definition) is 2. The summed E-state index contributed by atoms with van der Waals surface area (Å²) in [6, 6.07) is 0. The Hall–Kier alpha value is -0.970. The van der Waals surface area contributed by atoms with Gasteiger partial charge in [-0.2, -0.15) is 16.9 Å². The van der Waals surface area contributed by atoms with Gasteiger partial charge in [-0.05, 0) is 31.6 Å². The number of nitrogens with one attached hydrogen (secondary N) is 2. The van der Waals surface area contributed by atoms with Crippen LogP contribution in [0.5, 0.6) is 0 Å². The van der Waals surface area contributed by atoms with Crippen molar-refractivity contribution in [3.63, 3.8) is 0 Å². The van der Waals surface area contributed by atoms with Crippen molar-refractivity contribution in [1.82, 2.24) is 15.5 Å². The lowest BCUT2D eigenvalue weighted by atomic mass is 10.1. The summed E-state index contributed by atoms with van der Waals surface area (Å²) in [5, 5.41) is 9.78. The predicted molar refractivity (Wildman–Crippen MR) is 67.7 cm³/mol. The van der Waals surface area contributed by atoms with Crippen molar-refractivity contribution in [3.05, 3.63) is 17.5 Å². The average Bonchev–Trinajstić information content (AvgIpc) is 2.67. The van der Waals surface area contributed by atoms with E-state index < -0.39 is 0 Å². The van der Waals surface area contributed by atoms with Crippen LogP contribution in [0.4, 0.5) is 0 Å². The maximum absolute atomic E-state index is 11.3. The van der Waals surface area contributed by atoms with Crippen LogP contribution in [-0.4, -0.2) is 34.7 Å². The number of H-pyrrole nitrogens is 1. The predicted octanol–water partition coefficient (Wildman–Crippen LogP) is 1.52. The normalized spacial score (nSPS) is 10.4. The first-order valence-corrected chi connectivity index (χ1v) is 6.88. The van der Waals surface area contributed by atoms with Gasteiger partial charge in [0.15, 0.2) is 0 Å². The molecule has 0 aliphatic carbocycles. The highest BCUT2D eigenvalue weighted by molar-refractivity contribution is 7.98. The number of aromatic nitrogens is 2. The number of nitrogens with zero attached hydrogens (tertiary/aromatic N) is 1. The molecule has 0 spiro atoms. The zero-order chi connectivity index (χ0) is 11.8. The quantitative estimate of drug-likeness (QED) is 0.712. The van der Waals surface area contributed by atoms with E-state index in [9.17, 15) is 4.79 Å². The zero-order valence-corrected chi connectivity index (χ0v) is 10.7. The third-order valence-corrected chi connectivity index (χ3v) is 3.02. The van der Waals surface area contributed by atoms with E-state index in [2.05, 4.69) is 15.5 Å². The van der Waals surface area contributed by atoms with E-state index in [1.807, 2.05) is 19.4 Å². The van der Waals surface area contributed by atoms with Crippen molar-refractivity contribution in [1.29, 1.82) is 0 Å². The van der Waals surface area contributed by atoms with Gasteiger partial charge in [0, 0.05) is 24.4 Å². The molecule has 0 bridgehead atoms. The molecule has 1 aromatic heterocycles. The first-order chi connectivity index (χ1) is 7.74. The Morgan fingerprint density at radius 2 is 2.44 bits per heavy atom. The molecule has 0 atom stereocenters. The lowest BCUT2D eigenvalue weighted by Crippen LogP contribution is -2.24. The number of carbonyl (C=O) groups excluding carboxylic acids is 1. The Bertz CT molecular complexity index is 325. The molecule has 0 saturated carbocycles. The van der Waals surface area contributed by atoms with Crippen LogP contribution in [0.25, 0.3) is 0 Å². The van der Waals surface area contributed by atoms with Crippen molar-refractivity contribution in [3.8, 4) is 0 Å². The van der Waals surface area contributed by atoms with Crippen molar-refractivity contribution in [2.24, 2.45) is 0 Å². The molecule has 90 valence electrons. The van der Waals surface area contributed by atoms with Crippen molar-refractivity contribution in [2.45, 2.75) is 26.2 Å². The smallest absolute Gasteiger partial charge is 0.220 e. The second-order valence-corrected chi connectivity index (χ2v) is 4.70. The maximum atomic E-state index is 11.3. The second-order valence-electron chi connectivity index (χ2n) is 3.72. The molecule has 1 amide bonds. The van der Waals surface area contributed by atoms with Crippen LogP contribution in [0.15, 0.2) is 6.20 Å². The third-order valence-electron chi connectivity index (χ3n) is 2.41. The van der Waals surface area contributed by atoms with Gasteiger partial charge < -0.3 is 5.32 Å². The van der Waals surface area contributed by atoms with Gasteiger partial charge in [-0.3, -0.25) is 9.89 Å². The van der Waals surface area contributed by atoms with Crippen molar-refractivity contribution >= 4 is 17.7 Å². The molecule has 2 N–H and O–H groups in total. The summed E-state index contributed by atoms with van der Waals surface area (Å²) in [7, 11) is 0. The first kappa shape index (κ1) is 13.1. The van der Waals surface area contributed by atoms with Gasteiger partial charge in [-0.1, -0.05) is 0 Å². The van der Waals surface area contributed by atoms with Crippen LogP contribution in [0, 0.1) is 6.92 Å². The molecule has 0 fully saturated rings. The maximum Gasteiger partial charge on any atom is 0.220 e. The molecule has 0 unspecified atom stereocenters. The van der Waals surface area contributed by atoms with Crippen LogP contribution >= 0.6 is 11.8 Å². The number of hydrogen-bond acceptors (Lipinski definition) is 3. The number of aromatic amines is 1. The first-order valence-electron chi connectivity index (χ1n) is 5.48. The van der Waals surface area contributed by atoms with E-state index in [4.69, 9.17) is 0 Å². The highest BCUT2D eigenvalue weighted by Gasteiger charge is 2.01. The second kappa shape index (κ2) is 7.33. The summed E-state index contributed by atoms with van der Waals surface area (Å²) in [5.74, 6) is 1.05. The Balaban J connectivity index is 2.08. The van der Waals surface area contributed by atoms with Gasteiger partial charge in [-0.25, -0.2) is 0 Å². The Morgan fingerprint density at radius 1 is 1.62 bits per heavy atom. The molecule has 1 rings (SSSR count). The standard InChI is InChI=1S/C11H19N3OS/c1-9-10(8-13-14-9)4-3-6-12-11(15)5-7-16-2/h8H,3-7H2,1-2H3,(H,12,15)(H,13,14).